The van der Waals surface area contributed by atoms with Crippen molar-refractivity contribution in [3.8, 4) is 11.3 Å². The molecule has 1 aromatic heterocycles. The molecule has 3 aromatic rings. The summed E-state index contributed by atoms with van der Waals surface area (Å²) in [6.45, 7) is 0.565. The summed E-state index contributed by atoms with van der Waals surface area (Å²) in [7, 11) is 3.49. The number of carbonyl (C=O) groups is 1. The van der Waals surface area contributed by atoms with Crippen molar-refractivity contribution in [2.45, 2.75) is 6.54 Å². The van der Waals surface area contributed by atoms with Crippen LogP contribution in [0.2, 0.25) is 0 Å². The third-order valence-corrected chi connectivity index (χ3v) is 4.62. The Balaban J connectivity index is 1.83. The van der Waals surface area contributed by atoms with E-state index in [0.29, 0.717) is 17.8 Å². The van der Waals surface area contributed by atoms with Crippen LogP contribution in [-0.2, 0) is 6.54 Å². The summed E-state index contributed by atoms with van der Waals surface area (Å²) in [5.41, 5.74) is 3.75. The summed E-state index contributed by atoms with van der Waals surface area (Å²) in [6, 6.07) is 18.0. The summed E-state index contributed by atoms with van der Waals surface area (Å²) >= 11 is 0. The molecular weight excluding hydrogens is 368 g/mol. The van der Waals surface area contributed by atoms with E-state index in [4.69, 9.17) is 5.11 Å². The molecule has 7 heteroatoms. The zero-order valence-electron chi connectivity index (χ0n) is 16.5. The topological polar surface area (TPSA) is 87.5 Å². The van der Waals surface area contributed by atoms with Gasteiger partial charge in [-0.1, -0.05) is 24.3 Å². The molecule has 0 aliphatic heterocycles. The molecule has 0 aliphatic carbocycles. The number of hydrogen-bond acceptors (Lipinski definition) is 5. The lowest BCUT2D eigenvalue weighted by Gasteiger charge is -2.15. The molecule has 29 heavy (non-hydrogen) atoms. The van der Waals surface area contributed by atoms with E-state index in [9.17, 15) is 9.59 Å². The van der Waals surface area contributed by atoms with Gasteiger partial charge in [-0.3, -0.25) is 9.59 Å². The molecule has 0 fully saturated rings. The molecule has 0 spiro atoms. The van der Waals surface area contributed by atoms with Crippen LogP contribution >= 0.6 is 0 Å². The fourth-order valence-electron chi connectivity index (χ4n) is 2.97. The number of amides is 1. The Morgan fingerprint density at radius 3 is 2.59 bits per heavy atom. The van der Waals surface area contributed by atoms with Gasteiger partial charge in [-0.25, -0.2) is 4.68 Å². The molecule has 0 radical (unpaired) electrons. The molecule has 0 saturated carbocycles. The number of carbonyl (C=O) groups excluding carboxylic acids is 1. The van der Waals surface area contributed by atoms with Gasteiger partial charge >= 0.3 is 0 Å². The Hall–Kier alpha value is -3.45. The minimum Gasteiger partial charge on any atom is -0.395 e. The molecule has 150 valence electrons. The Morgan fingerprint density at radius 2 is 1.90 bits per heavy atom. The molecule has 3 rings (SSSR count). The SMILES string of the molecule is CNc1cccc(Cn2nc(-c3ccc(C(=O)N(C)CCO)cc3)ccc2=O)c1. The lowest BCUT2D eigenvalue weighted by atomic mass is 10.1. The van der Waals surface area contributed by atoms with Crippen LogP contribution < -0.4 is 10.9 Å². The first kappa shape index (κ1) is 20.3. The fraction of sp³-hybridized carbons (Fsp3) is 0.227. The number of aliphatic hydroxyl groups excluding tert-OH is 1. The van der Waals surface area contributed by atoms with Gasteiger partial charge in [-0.2, -0.15) is 5.10 Å². The van der Waals surface area contributed by atoms with Crippen LogP contribution in [0.4, 0.5) is 5.69 Å². The number of aromatic nitrogens is 2. The number of benzene rings is 2. The highest BCUT2D eigenvalue weighted by Crippen LogP contribution is 2.17. The Morgan fingerprint density at radius 1 is 1.14 bits per heavy atom. The molecule has 2 N–H and O–H groups in total. The van der Waals surface area contributed by atoms with E-state index in [1.54, 1.807) is 37.4 Å². The average Bonchev–Trinajstić information content (AvgIpc) is 2.75. The van der Waals surface area contributed by atoms with Gasteiger partial charge in [0, 0.05) is 43.5 Å². The maximum atomic E-state index is 12.3. The van der Waals surface area contributed by atoms with E-state index in [-0.39, 0.29) is 24.6 Å². The second-order valence-corrected chi connectivity index (χ2v) is 6.69. The highest BCUT2D eigenvalue weighted by atomic mass is 16.3. The summed E-state index contributed by atoms with van der Waals surface area (Å²) in [4.78, 5) is 26.0. The van der Waals surface area contributed by atoms with Crippen LogP contribution in [0.1, 0.15) is 15.9 Å². The average molecular weight is 392 g/mol. The molecule has 0 aliphatic rings. The predicted octanol–water partition coefficient (Wildman–Crippen LogP) is 2.06. The maximum absolute atomic E-state index is 12.3. The predicted molar refractivity (Wildman–Crippen MR) is 113 cm³/mol. The summed E-state index contributed by atoms with van der Waals surface area (Å²) in [5.74, 6) is -0.159. The number of hydrogen-bond donors (Lipinski definition) is 2. The van der Waals surface area contributed by atoms with Gasteiger partial charge in [-0.05, 0) is 35.9 Å². The first-order valence-corrected chi connectivity index (χ1v) is 9.33. The largest absolute Gasteiger partial charge is 0.395 e. The van der Waals surface area contributed by atoms with Crippen molar-refractivity contribution in [1.29, 1.82) is 0 Å². The van der Waals surface area contributed by atoms with Gasteiger partial charge in [0.2, 0.25) is 0 Å². The number of aliphatic hydroxyl groups is 1. The van der Waals surface area contributed by atoms with Gasteiger partial charge in [0.1, 0.15) is 0 Å². The van der Waals surface area contributed by atoms with E-state index in [1.165, 1.54) is 15.6 Å². The van der Waals surface area contributed by atoms with Crippen molar-refractivity contribution >= 4 is 11.6 Å². The van der Waals surface area contributed by atoms with Crippen molar-refractivity contribution in [1.82, 2.24) is 14.7 Å². The van der Waals surface area contributed by atoms with Crippen molar-refractivity contribution in [2.24, 2.45) is 0 Å². The molecule has 2 aromatic carbocycles. The second-order valence-electron chi connectivity index (χ2n) is 6.69. The van der Waals surface area contributed by atoms with Crippen LogP contribution in [0.5, 0.6) is 0 Å². The minimum atomic E-state index is -0.180. The van der Waals surface area contributed by atoms with E-state index < -0.39 is 0 Å². The molecule has 7 nitrogen and oxygen atoms in total. The van der Waals surface area contributed by atoms with E-state index in [1.807, 2.05) is 31.3 Å². The van der Waals surface area contributed by atoms with Crippen molar-refractivity contribution in [3.63, 3.8) is 0 Å². The standard InChI is InChI=1S/C22H24N4O3/c1-23-19-5-3-4-16(14-19)15-26-21(28)11-10-20(24-26)17-6-8-18(9-7-17)22(29)25(2)12-13-27/h3-11,14,23,27H,12-13,15H2,1-2H3. The second kappa shape index (κ2) is 9.16. The fourth-order valence-corrected chi connectivity index (χ4v) is 2.97. The van der Waals surface area contributed by atoms with Crippen LogP contribution in [0.15, 0.2) is 65.5 Å². The molecule has 0 unspecified atom stereocenters. The van der Waals surface area contributed by atoms with Crippen LogP contribution in [0, 0.1) is 0 Å². The highest BCUT2D eigenvalue weighted by Gasteiger charge is 2.12. The van der Waals surface area contributed by atoms with E-state index in [0.717, 1.165) is 16.8 Å². The number of rotatable bonds is 7. The third kappa shape index (κ3) is 4.89. The van der Waals surface area contributed by atoms with Gasteiger partial charge in [0.15, 0.2) is 0 Å². The first-order chi connectivity index (χ1) is 14.0. The Kier molecular flexibility index (Phi) is 6.41. The lowest BCUT2D eigenvalue weighted by Crippen LogP contribution is -2.29. The lowest BCUT2D eigenvalue weighted by molar-refractivity contribution is 0.0767. The van der Waals surface area contributed by atoms with Crippen molar-refractivity contribution < 1.29 is 9.90 Å². The number of nitrogens with one attached hydrogen (secondary N) is 1. The molecular formula is C22H24N4O3. The summed E-state index contributed by atoms with van der Waals surface area (Å²) in [5, 5.41) is 16.5. The molecule has 1 heterocycles. The highest BCUT2D eigenvalue weighted by molar-refractivity contribution is 5.94. The Bertz CT molecular complexity index is 1040. The van der Waals surface area contributed by atoms with Crippen molar-refractivity contribution in [3.05, 3.63) is 82.1 Å². The quantitative estimate of drug-likeness (QED) is 0.643. The van der Waals surface area contributed by atoms with Gasteiger partial charge in [0.05, 0.1) is 18.8 Å². The first-order valence-electron chi connectivity index (χ1n) is 9.33. The zero-order chi connectivity index (χ0) is 20.8. The van der Waals surface area contributed by atoms with Crippen LogP contribution in [-0.4, -0.2) is 52.9 Å². The number of nitrogens with zero attached hydrogens (tertiary/aromatic N) is 3. The van der Waals surface area contributed by atoms with E-state index in [2.05, 4.69) is 10.4 Å². The molecule has 0 saturated heterocycles. The molecule has 0 atom stereocenters. The van der Waals surface area contributed by atoms with Crippen molar-refractivity contribution in [2.75, 3.05) is 32.6 Å². The van der Waals surface area contributed by atoms with Gasteiger partial charge in [-0.15, -0.1) is 0 Å². The van der Waals surface area contributed by atoms with Crippen LogP contribution in [0.25, 0.3) is 11.3 Å². The van der Waals surface area contributed by atoms with E-state index >= 15 is 0 Å². The monoisotopic (exact) mass is 392 g/mol. The van der Waals surface area contributed by atoms with Crippen LogP contribution in [0.3, 0.4) is 0 Å². The third-order valence-electron chi connectivity index (χ3n) is 4.62. The Labute approximate surface area is 169 Å². The van der Waals surface area contributed by atoms with Gasteiger partial charge < -0.3 is 15.3 Å². The number of likely N-dealkylation sites (N-methyl/N-ethyl adjacent to an activating group) is 1. The smallest absolute Gasteiger partial charge is 0.267 e. The number of anilines is 1. The van der Waals surface area contributed by atoms with Gasteiger partial charge in [0.25, 0.3) is 11.5 Å². The zero-order valence-corrected chi connectivity index (χ0v) is 16.5. The summed E-state index contributed by atoms with van der Waals surface area (Å²) < 4.78 is 1.43. The molecule has 1 amide bonds. The minimum absolute atomic E-state index is 0.0803. The molecule has 0 bridgehead atoms. The maximum Gasteiger partial charge on any atom is 0.267 e. The summed E-state index contributed by atoms with van der Waals surface area (Å²) in [6.07, 6.45) is 0. The normalized spacial score (nSPS) is 10.6.